The van der Waals surface area contributed by atoms with E-state index in [1.807, 2.05) is 74.8 Å². The summed E-state index contributed by atoms with van der Waals surface area (Å²) in [6.07, 6.45) is 3.61. The maximum Gasteiger partial charge on any atom is 2.00 e. The molecule has 0 N–H and O–H groups in total. The van der Waals surface area contributed by atoms with E-state index in [2.05, 4.69) is 54.6 Å². The number of benzene rings is 2. The van der Waals surface area contributed by atoms with Crippen LogP contribution in [0.5, 0.6) is 0 Å². The maximum atomic E-state index is 4.39. The Kier molecular flexibility index (Phi) is 6.76. The first-order chi connectivity index (χ1) is 15.7. The Hall–Kier alpha value is -3.63. The van der Waals surface area contributed by atoms with Crippen molar-refractivity contribution >= 4 is 21.5 Å². The number of nitrogens with zero attached hydrogens (tertiary/aromatic N) is 6. The van der Waals surface area contributed by atoms with Gasteiger partial charge in [-0.25, -0.2) is 0 Å². The third kappa shape index (κ3) is 4.76. The van der Waals surface area contributed by atoms with Gasteiger partial charge in [-0.3, -0.25) is 9.97 Å². The predicted molar refractivity (Wildman–Crippen MR) is 126 cm³/mol. The van der Waals surface area contributed by atoms with Crippen molar-refractivity contribution in [2.24, 2.45) is 0 Å². The Bertz CT molecular complexity index is 1390. The van der Waals surface area contributed by atoms with Crippen molar-refractivity contribution in [1.29, 1.82) is 0 Å². The van der Waals surface area contributed by atoms with E-state index in [-0.39, 0.29) is 21.1 Å². The molecule has 2 aromatic carbocycles. The van der Waals surface area contributed by atoms with E-state index in [0.29, 0.717) is 0 Å². The molecule has 0 saturated carbocycles. The fourth-order valence-electron chi connectivity index (χ4n) is 3.66. The van der Waals surface area contributed by atoms with Gasteiger partial charge in [-0.2, -0.15) is 0 Å². The monoisotopic (exact) mass is 611 g/mol. The molecule has 0 saturated heterocycles. The van der Waals surface area contributed by atoms with Gasteiger partial charge in [0.2, 0.25) is 0 Å². The Labute approximate surface area is 205 Å². The number of fused-ring (bicyclic) bond motifs is 2. The molecule has 4 heterocycles. The van der Waals surface area contributed by atoms with Crippen LogP contribution in [0.4, 0.5) is 0 Å². The number of aryl methyl sites for hydroxylation is 2. The average Bonchev–Trinajstić information content (AvgIpc) is 3.47. The average molecular weight is 612 g/mol. The summed E-state index contributed by atoms with van der Waals surface area (Å²) in [5.41, 5.74) is 5.33. The molecule has 0 atom stereocenters. The van der Waals surface area contributed by atoms with E-state index in [0.717, 1.165) is 44.9 Å². The van der Waals surface area contributed by atoms with Crippen molar-refractivity contribution in [3.63, 3.8) is 0 Å². The van der Waals surface area contributed by atoms with Gasteiger partial charge in [0.25, 0.3) is 0 Å². The quantitative estimate of drug-likeness (QED) is 0.271. The van der Waals surface area contributed by atoms with Gasteiger partial charge in [0.05, 0.1) is 11.4 Å². The molecule has 164 valence electrons. The summed E-state index contributed by atoms with van der Waals surface area (Å²) in [6, 6.07) is 24.2. The first-order valence-electron chi connectivity index (χ1n) is 10.3. The van der Waals surface area contributed by atoms with Gasteiger partial charge in [-0.1, -0.05) is 72.1 Å². The minimum absolute atomic E-state index is 0. The SMILES string of the molecule is Cc1cc(-c2nccc3ccccc23)[n-]n1.Cc1cc(-c2nccc3ccccc23)[n-]n1.[Pt+2]. The Balaban J connectivity index is 0.000000152. The van der Waals surface area contributed by atoms with E-state index in [9.17, 15) is 0 Å². The topological polar surface area (TPSA) is 79.8 Å². The molecule has 0 aliphatic carbocycles. The second kappa shape index (κ2) is 9.88. The molecule has 0 spiro atoms. The minimum Gasteiger partial charge on any atom is -0.573 e. The number of rotatable bonds is 2. The first-order valence-corrected chi connectivity index (χ1v) is 10.3. The van der Waals surface area contributed by atoms with Crippen molar-refractivity contribution < 1.29 is 21.1 Å². The van der Waals surface area contributed by atoms with Crippen LogP contribution in [0, 0.1) is 13.8 Å². The predicted octanol–water partition coefficient (Wildman–Crippen LogP) is 5.12. The number of aromatic nitrogens is 6. The molecule has 0 fully saturated rings. The van der Waals surface area contributed by atoms with Crippen LogP contribution in [0.1, 0.15) is 11.4 Å². The number of hydrogen-bond donors (Lipinski definition) is 0. The maximum absolute atomic E-state index is 4.39. The molecule has 33 heavy (non-hydrogen) atoms. The molecule has 0 aliphatic rings. The Morgan fingerprint density at radius 2 is 1.00 bits per heavy atom. The molecule has 0 unspecified atom stereocenters. The third-order valence-electron chi connectivity index (χ3n) is 5.15. The molecule has 7 heteroatoms. The van der Waals surface area contributed by atoms with Gasteiger partial charge in [-0.15, -0.1) is 0 Å². The zero-order valence-electron chi connectivity index (χ0n) is 18.1. The van der Waals surface area contributed by atoms with Gasteiger partial charge >= 0.3 is 21.1 Å². The summed E-state index contributed by atoms with van der Waals surface area (Å²) in [5, 5.41) is 20.8. The largest absolute Gasteiger partial charge is 2.00 e. The van der Waals surface area contributed by atoms with Crippen LogP contribution in [-0.4, -0.2) is 20.2 Å². The Morgan fingerprint density at radius 3 is 1.39 bits per heavy atom. The van der Waals surface area contributed by atoms with Crippen LogP contribution >= 0.6 is 0 Å². The van der Waals surface area contributed by atoms with Crippen molar-refractivity contribution in [3.05, 3.63) is 96.6 Å². The molecular weight excluding hydrogens is 591 g/mol. The van der Waals surface area contributed by atoms with Crippen LogP contribution in [0.3, 0.4) is 0 Å². The standard InChI is InChI=1S/2C13H10N3.Pt/c2*1-9-8-12(16-15-9)13-11-5-3-2-4-10(11)6-7-14-13;/h2*2-8H,1H3;/q2*-1;+2. The smallest absolute Gasteiger partial charge is 0.573 e. The molecule has 4 aromatic heterocycles. The fraction of sp³-hybridized carbons (Fsp3) is 0.0769. The summed E-state index contributed by atoms with van der Waals surface area (Å²) in [6.45, 7) is 3.86. The molecule has 0 bridgehead atoms. The molecular formula is C26H20N6Pt. The van der Waals surface area contributed by atoms with E-state index in [1.165, 1.54) is 10.8 Å². The normalized spacial score (nSPS) is 10.5. The summed E-state index contributed by atoms with van der Waals surface area (Å²) in [7, 11) is 0. The van der Waals surface area contributed by atoms with Gasteiger partial charge in [0, 0.05) is 34.6 Å². The van der Waals surface area contributed by atoms with Crippen LogP contribution in [0.25, 0.3) is 44.3 Å². The first kappa shape index (κ1) is 22.6. The molecule has 6 rings (SSSR count). The van der Waals surface area contributed by atoms with Crippen molar-refractivity contribution in [2.75, 3.05) is 0 Å². The summed E-state index contributed by atoms with van der Waals surface area (Å²) in [4.78, 5) is 8.78. The second-order valence-corrected chi connectivity index (χ2v) is 7.50. The van der Waals surface area contributed by atoms with Gasteiger partial charge in [-0.05, 0) is 36.8 Å². The molecule has 6 nitrogen and oxygen atoms in total. The minimum atomic E-state index is 0. The van der Waals surface area contributed by atoms with Crippen LogP contribution < -0.4 is 10.2 Å². The zero-order chi connectivity index (χ0) is 21.9. The van der Waals surface area contributed by atoms with Gasteiger partial charge in [0.15, 0.2) is 0 Å². The van der Waals surface area contributed by atoms with Crippen LogP contribution in [0.15, 0.2) is 85.2 Å². The number of hydrogen-bond acceptors (Lipinski definition) is 4. The second-order valence-electron chi connectivity index (χ2n) is 7.50. The van der Waals surface area contributed by atoms with E-state index in [1.54, 1.807) is 0 Å². The summed E-state index contributed by atoms with van der Waals surface area (Å²) >= 11 is 0. The van der Waals surface area contributed by atoms with Crippen LogP contribution in [-0.2, 0) is 21.1 Å². The third-order valence-corrected chi connectivity index (χ3v) is 5.15. The van der Waals surface area contributed by atoms with Gasteiger partial charge < -0.3 is 20.4 Å². The van der Waals surface area contributed by atoms with Crippen molar-refractivity contribution in [2.45, 2.75) is 13.8 Å². The van der Waals surface area contributed by atoms with Crippen LogP contribution in [0.2, 0.25) is 0 Å². The molecule has 0 aliphatic heterocycles. The summed E-state index contributed by atoms with van der Waals surface area (Å²) in [5.74, 6) is 0. The van der Waals surface area contributed by atoms with E-state index in [4.69, 9.17) is 0 Å². The van der Waals surface area contributed by atoms with E-state index < -0.39 is 0 Å². The summed E-state index contributed by atoms with van der Waals surface area (Å²) < 4.78 is 0. The Morgan fingerprint density at radius 1 is 0.576 bits per heavy atom. The molecule has 6 aromatic rings. The van der Waals surface area contributed by atoms with Gasteiger partial charge in [0.1, 0.15) is 0 Å². The van der Waals surface area contributed by atoms with Crippen molar-refractivity contribution in [1.82, 2.24) is 30.4 Å². The zero-order valence-corrected chi connectivity index (χ0v) is 20.4. The van der Waals surface area contributed by atoms with Crippen molar-refractivity contribution in [3.8, 4) is 22.8 Å². The molecule has 0 radical (unpaired) electrons. The number of pyridine rings is 2. The molecule has 0 amide bonds. The fourth-order valence-corrected chi connectivity index (χ4v) is 3.66. The van der Waals surface area contributed by atoms with E-state index >= 15 is 0 Å².